The van der Waals surface area contributed by atoms with Gasteiger partial charge in [0.05, 0.1) is 7.11 Å². The van der Waals surface area contributed by atoms with Crippen molar-refractivity contribution in [3.05, 3.63) is 48.2 Å². The predicted octanol–water partition coefficient (Wildman–Crippen LogP) is 6.19. The van der Waals surface area contributed by atoms with Gasteiger partial charge in [-0.2, -0.15) is 4.99 Å². The maximum Gasteiger partial charge on any atom is 0.435 e. The highest BCUT2D eigenvalue weighted by molar-refractivity contribution is 6.00. The summed E-state index contributed by atoms with van der Waals surface area (Å²) in [7, 11) is 1.27. The number of para-hydroxylation sites is 1. The number of ketones is 1. The molecule has 0 spiro atoms. The normalized spacial score (nSPS) is 18.1. The van der Waals surface area contributed by atoms with Crippen molar-refractivity contribution in [3.8, 4) is 0 Å². The predicted molar refractivity (Wildman–Crippen MR) is 183 cm³/mol. The third kappa shape index (κ3) is 12.6. The number of carbonyl (C=O) groups is 5. The molecule has 2 N–H and O–H groups in total. The first-order valence-electron chi connectivity index (χ1n) is 16.5. The van der Waals surface area contributed by atoms with Crippen LogP contribution in [0.3, 0.4) is 0 Å². The number of ether oxygens (including phenoxy) is 3. The first-order valence-corrected chi connectivity index (χ1v) is 16.5. The van der Waals surface area contributed by atoms with Gasteiger partial charge in [0.25, 0.3) is 0 Å². The Hall–Kier alpha value is -4.48. The van der Waals surface area contributed by atoms with E-state index in [-0.39, 0.29) is 43.2 Å². The summed E-state index contributed by atoms with van der Waals surface area (Å²) < 4.78 is 17.6. The summed E-state index contributed by atoms with van der Waals surface area (Å²) in [6.45, 7) is 10.9. The number of fused-ring (bicyclic) bond motifs is 5. The molecule has 2 bridgehead atoms. The molecular formula is C36H50N4O8. The summed E-state index contributed by atoms with van der Waals surface area (Å²) in [5.74, 6) is -1.58. The van der Waals surface area contributed by atoms with Crippen molar-refractivity contribution in [2.75, 3.05) is 7.11 Å². The van der Waals surface area contributed by atoms with E-state index in [0.717, 1.165) is 16.5 Å². The number of methoxy groups -OCH3 is 1. The van der Waals surface area contributed by atoms with Crippen molar-refractivity contribution in [1.82, 2.24) is 15.2 Å². The van der Waals surface area contributed by atoms with E-state index in [0.29, 0.717) is 32.2 Å². The molecule has 2 atom stereocenters. The number of alkyl carbamates (subject to hydrolysis) is 1. The molecule has 2 heterocycles. The molecule has 1 aliphatic heterocycles. The quantitative estimate of drug-likeness (QED) is 0.0886. The summed E-state index contributed by atoms with van der Waals surface area (Å²) in [5.41, 5.74) is 0.403. The topological polar surface area (TPSA) is 154 Å². The molecule has 0 saturated carbocycles. The minimum atomic E-state index is -0.887. The van der Waals surface area contributed by atoms with E-state index in [1.165, 1.54) is 7.11 Å². The number of esters is 1. The Morgan fingerprint density at radius 1 is 0.979 bits per heavy atom. The molecule has 0 fully saturated rings. The maximum absolute atomic E-state index is 13.5. The second-order valence-corrected chi connectivity index (χ2v) is 14.0. The van der Waals surface area contributed by atoms with Crippen LogP contribution in [0.5, 0.6) is 0 Å². The number of benzene rings is 1. The van der Waals surface area contributed by atoms with Gasteiger partial charge in [-0.1, -0.05) is 43.2 Å². The smallest absolute Gasteiger partial charge is 0.435 e. The monoisotopic (exact) mass is 666 g/mol. The number of unbranched alkanes of at least 4 members (excludes halogenated alkanes) is 2. The van der Waals surface area contributed by atoms with Crippen LogP contribution in [0, 0.1) is 5.92 Å². The molecule has 0 saturated heterocycles. The molecule has 1 aromatic heterocycles. The summed E-state index contributed by atoms with van der Waals surface area (Å²) in [5, 5.41) is 6.36. The van der Waals surface area contributed by atoms with Crippen LogP contribution in [0.4, 0.5) is 9.59 Å². The number of hydrogen-bond acceptors (Lipinski definition) is 8. The average molecular weight is 667 g/mol. The van der Waals surface area contributed by atoms with Gasteiger partial charge in [-0.25, -0.2) is 14.4 Å². The van der Waals surface area contributed by atoms with Crippen LogP contribution in [-0.2, 0) is 41.6 Å². The van der Waals surface area contributed by atoms with Crippen molar-refractivity contribution in [2.24, 2.45) is 10.9 Å². The van der Waals surface area contributed by atoms with Crippen molar-refractivity contribution < 1.29 is 38.2 Å². The number of aromatic nitrogens is 1. The molecule has 12 heteroatoms. The zero-order valence-corrected chi connectivity index (χ0v) is 29.2. The number of amides is 3. The lowest BCUT2D eigenvalue weighted by atomic mass is 9.92. The van der Waals surface area contributed by atoms with Crippen molar-refractivity contribution in [3.63, 3.8) is 0 Å². The molecule has 0 unspecified atom stereocenters. The number of allylic oxidation sites excluding steroid dienone is 1. The summed E-state index contributed by atoms with van der Waals surface area (Å²) in [4.78, 5) is 68.2. The lowest BCUT2D eigenvalue weighted by Crippen LogP contribution is -2.44. The van der Waals surface area contributed by atoms with Crippen LogP contribution < -0.4 is 10.6 Å². The van der Waals surface area contributed by atoms with E-state index < -0.39 is 41.3 Å². The van der Waals surface area contributed by atoms with Gasteiger partial charge >= 0.3 is 18.2 Å². The van der Waals surface area contributed by atoms with E-state index in [1.807, 2.05) is 42.6 Å². The Morgan fingerprint density at radius 2 is 1.69 bits per heavy atom. The Morgan fingerprint density at radius 3 is 2.38 bits per heavy atom. The van der Waals surface area contributed by atoms with E-state index in [2.05, 4.69) is 20.2 Å². The van der Waals surface area contributed by atoms with Crippen LogP contribution in [0.2, 0.25) is 0 Å². The highest BCUT2D eigenvalue weighted by Gasteiger charge is 2.28. The third-order valence-corrected chi connectivity index (χ3v) is 7.48. The van der Waals surface area contributed by atoms with E-state index in [1.54, 1.807) is 41.5 Å². The van der Waals surface area contributed by atoms with Crippen LogP contribution in [0.15, 0.2) is 47.6 Å². The van der Waals surface area contributed by atoms with Crippen LogP contribution in [-0.4, -0.2) is 64.6 Å². The highest BCUT2D eigenvalue weighted by atomic mass is 16.6. The molecule has 12 nitrogen and oxygen atoms in total. The molecule has 3 amide bonds. The standard InChI is InChI=1S/C36H50N4O8/c1-35(2,3)47-33(44)38-30(39-34(45)48-36(4,5)6)19-10-8-9-15-24-21-26(41)22-25-23-40(29-18-12-11-16-27(25)29)20-14-13-17-28(32(43)46-7)37-31(24)42/h11-14,16,18,23-24,28H,8-10,15,17,19-22H2,1-7H3,(H,37,42)(H,38,39,44,45)/t24-,28-/m1/s1. The molecular weight excluding hydrogens is 616 g/mol. The number of rotatable bonds is 7. The zero-order chi connectivity index (χ0) is 35.5. The second-order valence-electron chi connectivity index (χ2n) is 14.0. The highest BCUT2D eigenvalue weighted by Crippen LogP contribution is 2.25. The number of amidine groups is 1. The van der Waals surface area contributed by atoms with Crippen LogP contribution in [0.1, 0.15) is 92.1 Å². The Kier molecular flexibility index (Phi) is 13.5. The fourth-order valence-electron chi connectivity index (χ4n) is 5.39. The van der Waals surface area contributed by atoms with E-state index in [9.17, 15) is 24.0 Å². The Labute approximate surface area is 282 Å². The van der Waals surface area contributed by atoms with Crippen molar-refractivity contribution in [1.29, 1.82) is 0 Å². The number of carbonyl (C=O) groups excluding carboxylic acids is 5. The Bertz CT molecular complexity index is 1530. The van der Waals surface area contributed by atoms with Crippen LogP contribution >= 0.6 is 0 Å². The van der Waals surface area contributed by atoms with Crippen molar-refractivity contribution in [2.45, 2.75) is 117 Å². The average Bonchev–Trinajstić information content (AvgIpc) is 3.31. The second kappa shape index (κ2) is 17.1. The molecule has 0 aliphatic carbocycles. The largest absolute Gasteiger partial charge is 0.467 e. The van der Waals surface area contributed by atoms with E-state index >= 15 is 0 Å². The fraction of sp³-hybridized carbons (Fsp3) is 0.556. The number of hydrogen-bond donors (Lipinski definition) is 2. The van der Waals surface area contributed by atoms with E-state index in [4.69, 9.17) is 14.2 Å². The third-order valence-electron chi connectivity index (χ3n) is 7.48. The first kappa shape index (κ1) is 38.0. The molecule has 2 aromatic rings. The number of nitrogens with one attached hydrogen (secondary N) is 2. The van der Waals surface area contributed by atoms with Gasteiger partial charge in [0.2, 0.25) is 5.91 Å². The summed E-state index contributed by atoms with van der Waals surface area (Å²) in [6.07, 6.45) is 6.97. The van der Waals surface area contributed by atoms with Gasteiger partial charge in [-0.3, -0.25) is 14.9 Å². The Balaban J connectivity index is 1.72. The minimum Gasteiger partial charge on any atom is -0.467 e. The lowest BCUT2D eigenvalue weighted by molar-refractivity contribution is -0.145. The molecule has 1 aliphatic rings. The summed E-state index contributed by atoms with van der Waals surface area (Å²) in [6, 6.07) is 7.00. The van der Waals surface area contributed by atoms with Gasteiger partial charge in [0.15, 0.2) is 0 Å². The fourth-order valence-corrected chi connectivity index (χ4v) is 5.39. The number of nitrogens with zero attached hydrogens (tertiary/aromatic N) is 2. The number of aliphatic imine (C=N–C) groups is 1. The minimum absolute atomic E-state index is 0.0145. The molecule has 0 radical (unpaired) electrons. The molecule has 48 heavy (non-hydrogen) atoms. The van der Waals surface area contributed by atoms with Gasteiger partial charge in [0.1, 0.15) is 28.9 Å². The van der Waals surface area contributed by atoms with Gasteiger partial charge in [-0.15, -0.1) is 0 Å². The van der Waals surface area contributed by atoms with Gasteiger partial charge in [0, 0.05) is 48.8 Å². The number of Topliss-reactive ketones (excluding diaryl/α,β-unsaturated/α-hetero) is 1. The van der Waals surface area contributed by atoms with Crippen LogP contribution in [0.25, 0.3) is 10.9 Å². The molecule has 262 valence electrons. The SMILES string of the molecule is COC(=O)[C@H]1CC=CCn2cc(c3ccccc32)CC(=O)C[C@@H](CCCCCC(=NC(=O)OC(C)(C)C)NC(=O)OC(C)(C)C)C(=O)N1. The maximum atomic E-state index is 13.5. The summed E-state index contributed by atoms with van der Waals surface area (Å²) >= 11 is 0. The van der Waals surface area contributed by atoms with Gasteiger partial charge < -0.3 is 24.1 Å². The van der Waals surface area contributed by atoms with Gasteiger partial charge in [-0.05, 0) is 72.4 Å². The first-order chi connectivity index (χ1) is 22.5. The zero-order valence-electron chi connectivity index (χ0n) is 29.2. The lowest BCUT2D eigenvalue weighted by Gasteiger charge is -2.21. The molecule has 1 aromatic carbocycles. The molecule has 3 rings (SSSR count). The van der Waals surface area contributed by atoms with Crippen molar-refractivity contribution >= 4 is 46.6 Å².